The number of carbonyl (C=O) groups is 1. The average Bonchev–Trinajstić information content (AvgIpc) is 2.61. The molecule has 1 aromatic carbocycles. The van der Waals surface area contributed by atoms with Gasteiger partial charge in [-0.15, -0.1) is 11.3 Å². The Kier molecular flexibility index (Phi) is 2.25. The molecule has 1 heterocycles. The van der Waals surface area contributed by atoms with E-state index in [9.17, 15) is 15.0 Å². The molecular weight excluding hydrogens is 212 g/mol. The zero-order valence-corrected chi connectivity index (χ0v) is 8.88. The maximum absolute atomic E-state index is 10.7. The third-order valence-corrected chi connectivity index (χ3v) is 3.63. The lowest BCUT2D eigenvalue weighted by Crippen LogP contribution is -2.42. The van der Waals surface area contributed by atoms with Crippen LogP contribution < -0.4 is 5.11 Å². The van der Waals surface area contributed by atoms with E-state index in [4.69, 9.17) is 0 Å². The number of carboxylic acid groups (broad SMARTS) is 1. The molecule has 0 aliphatic carbocycles. The van der Waals surface area contributed by atoms with Gasteiger partial charge in [0.2, 0.25) is 0 Å². The zero-order chi connectivity index (χ0) is 11.1. The number of carboxylic acids is 1. The number of thiophene rings is 1. The van der Waals surface area contributed by atoms with Gasteiger partial charge in [0.05, 0.1) is 5.97 Å². The van der Waals surface area contributed by atoms with Gasteiger partial charge in [-0.05, 0) is 24.4 Å². The third-order valence-electron chi connectivity index (χ3n) is 2.30. The summed E-state index contributed by atoms with van der Waals surface area (Å²) in [6, 6.07) is 9.17. The fourth-order valence-electron chi connectivity index (χ4n) is 1.32. The number of benzene rings is 1. The maximum atomic E-state index is 10.7. The summed E-state index contributed by atoms with van der Waals surface area (Å²) in [7, 11) is 0. The third kappa shape index (κ3) is 1.62. The topological polar surface area (TPSA) is 60.4 Å². The van der Waals surface area contributed by atoms with Crippen molar-refractivity contribution in [2.75, 3.05) is 0 Å². The Morgan fingerprint density at radius 2 is 2.13 bits per heavy atom. The van der Waals surface area contributed by atoms with Gasteiger partial charge in [0, 0.05) is 9.58 Å². The van der Waals surface area contributed by atoms with E-state index in [2.05, 4.69) is 0 Å². The van der Waals surface area contributed by atoms with Gasteiger partial charge in [0.25, 0.3) is 0 Å². The van der Waals surface area contributed by atoms with Crippen molar-refractivity contribution in [1.29, 1.82) is 0 Å². The quantitative estimate of drug-likeness (QED) is 0.818. The molecule has 2 rings (SSSR count). The molecule has 0 unspecified atom stereocenters. The molecule has 3 nitrogen and oxygen atoms in total. The minimum absolute atomic E-state index is 0.392. The van der Waals surface area contributed by atoms with E-state index in [-0.39, 0.29) is 0 Å². The molecule has 78 valence electrons. The highest BCUT2D eigenvalue weighted by molar-refractivity contribution is 7.19. The van der Waals surface area contributed by atoms with Gasteiger partial charge >= 0.3 is 0 Å². The Labute approximate surface area is 90.6 Å². The van der Waals surface area contributed by atoms with E-state index in [0.29, 0.717) is 4.88 Å². The molecule has 0 saturated carbocycles. The molecular formula is C11H9O3S-. The van der Waals surface area contributed by atoms with Crippen molar-refractivity contribution in [3.63, 3.8) is 0 Å². The first-order valence-corrected chi connectivity index (χ1v) is 5.26. The lowest BCUT2D eigenvalue weighted by atomic mass is 10.1. The van der Waals surface area contributed by atoms with Gasteiger partial charge in [-0.3, -0.25) is 0 Å². The van der Waals surface area contributed by atoms with Crippen LogP contribution in [0.4, 0.5) is 0 Å². The molecule has 1 N–H and O–H groups in total. The summed E-state index contributed by atoms with van der Waals surface area (Å²) in [5.74, 6) is -1.48. The molecule has 2 aromatic rings. The molecule has 4 heteroatoms. The summed E-state index contributed by atoms with van der Waals surface area (Å²) in [5.41, 5.74) is -1.91. The first-order chi connectivity index (χ1) is 7.01. The molecule has 0 radical (unpaired) electrons. The predicted octanol–water partition coefficient (Wildman–Crippen LogP) is 0.859. The Balaban J connectivity index is 2.58. The number of rotatable bonds is 2. The van der Waals surface area contributed by atoms with Crippen molar-refractivity contribution in [1.82, 2.24) is 0 Å². The van der Waals surface area contributed by atoms with Crippen LogP contribution >= 0.6 is 11.3 Å². The van der Waals surface area contributed by atoms with Crippen LogP contribution in [-0.2, 0) is 10.4 Å². The smallest absolute Gasteiger partial charge is 0.135 e. The van der Waals surface area contributed by atoms with Gasteiger partial charge in [0.1, 0.15) is 5.60 Å². The molecule has 0 amide bonds. The number of carbonyl (C=O) groups excluding carboxylic acids is 1. The lowest BCUT2D eigenvalue weighted by Gasteiger charge is -2.22. The minimum Gasteiger partial charge on any atom is -0.547 e. The van der Waals surface area contributed by atoms with Crippen LogP contribution in [0.3, 0.4) is 0 Å². The Morgan fingerprint density at radius 3 is 2.73 bits per heavy atom. The molecule has 1 atom stereocenters. The SMILES string of the molecule is C[C@](O)(C(=O)[O-])c1cc2ccccc2s1. The molecule has 0 aliphatic rings. The van der Waals surface area contributed by atoms with Crippen molar-refractivity contribution in [3.05, 3.63) is 35.2 Å². The number of hydrogen-bond donors (Lipinski definition) is 1. The number of aliphatic hydroxyl groups is 1. The second-order valence-corrected chi connectivity index (χ2v) is 4.59. The Hall–Kier alpha value is -1.39. The van der Waals surface area contributed by atoms with Crippen LogP contribution in [0.25, 0.3) is 10.1 Å². The van der Waals surface area contributed by atoms with Crippen molar-refractivity contribution in [3.8, 4) is 0 Å². The monoisotopic (exact) mass is 221 g/mol. The summed E-state index contributed by atoms with van der Waals surface area (Å²) in [6.45, 7) is 1.23. The molecule has 0 bridgehead atoms. The van der Waals surface area contributed by atoms with E-state index in [1.54, 1.807) is 6.07 Å². The highest BCUT2D eigenvalue weighted by atomic mass is 32.1. The van der Waals surface area contributed by atoms with Gasteiger partial charge in [-0.25, -0.2) is 0 Å². The number of fused-ring (bicyclic) bond motifs is 1. The predicted molar refractivity (Wildman–Crippen MR) is 56.4 cm³/mol. The first-order valence-electron chi connectivity index (χ1n) is 4.44. The number of aliphatic carboxylic acids is 1. The van der Waals surface area contributed by atoms with E-state index in [1.165, 1.54) is 18.3 Å². The standard InChI is InChI=1S/C11H10O3S/c1-11(14,10(12)13)9-6-7-4-2-3-5-8(7)15-9/h2-6,14H,1H3,(H,12,13)/p-1/t11-/m1/s1. The first kappa shape index (κ1) is 10.1. The highest BCUT2D eigenvalue weighted by Crippen LogP contribution is 2.32. The zero-order valence-electron chi connectivity index (χ0n) is 8.06. The summed E-state index contributed by atoms with van der Waals surface area (Å²) < 4.78 is 0.953. The lowest BCUT2D eigenvalue weighted by molar-refractivity contribution is -0.324. The van der Waals surface area contributed by atoms with Gasteiger partial charge in [0.15, 0.2) is 0 Å². The van der Waals surface area contributed by atoms with Crippen LogP contribution in [0.5, 0.6) is 0 Å². The van der Waals surface area contributed by atoms with Gasteiger partial charge in [-0.1, -0.05) is 18.2 Å². The normalized spacial score (nSPS) is 15.1. The second-order valence-electron chi connectivity index (χ2n) is 3.51. The van der Waals surface area contributed by atoms with E-state index in [1.807, 2.05) is 24.3 Å². The van der Waals surface area contributed by atoms with Crippen molar-refractivity contribution in [2.24, 2.45) is 0 Å². The second kappa shape index (κ2) is 3.32. The van der Waals surface area contributed by atoms with Crippen molar-refractivity contribution < 1.29 is 15.0 Å². The minimum atomic E-state index is -1.91. The summed E-state index contributed by atoms with van der Waals surface area (Å²) >= 11 is 1.26. The Bertz CT molecular complexity index is 480. The fourth-order valence-corrected chi connectivity index (χ4v) is 2.42. The van der Waals surface area contributed by atoms with Crippen molar-refractivity contribution >= 4 is 27.4 Å². The largest absolute Gasteiger partial charge is 0.547 e. The molecule has 0 saturated heterocycles. The molecule has 0 spiro atoms. The van der Waals surface area contributed by atoms with Crippen LogP contribution in [0, 0.1) is 0 Å². The fraction of sp³-hybridized carbons (Fsp3) is 0.182. The highest BCUT2D eigenvalue weighted by Gasteiger charge is 2.26. The van der Waals surface area contributed by atoms with Crippen LogP contribution in [0.2, 0.25) is 0 Å². The summed E-state index contributed by atoms with van der Waals surface area (Å²) in [4.78, 5) is 11.1. The average molecular weight is 221 g/mol. The maximum Gasteiger partial charge on any atom is 0.135 e. The summed E-state index contributed by atoms with van der Waals surface area (Å²) in [6.07, 6.45) is 0. The molecule has 0 fully saturated rings. The van der Waals surface area contributed by atoms with Crippen LogP contribution in [-0.4, -0.2) is 11.1 Å². The summed E-state index contributed by atoms with van der Waals surface area (Å²) in [5, 5.41) is 21.4. The molecule has 1 aromatic heterocycles. The molecule has 15 heavy (non-hydrogen) atoms. The number of hydrogen-bond acceptors (Lipinski definition) is 4. The van der Waals surface area contributed by atoms with Gasteiger partial charge < -0.3 is 15.0 Å². The van der Waals surface area contributed by atoms with E-state index >= 15 is 0 Å². The Morgan fingerprint density at radius 1 is 1.47 bits per heavy atom. The van der Waals surface area contributed by atoms with Gasteiger partial charge in [-0.2, -0.15) is 0 Å². The van der Waals surface area contributed by atoms with Crippen molar-refractivity contribution in [2.45, 2.75) is 12.5 Å². The van der Waals surface area contributed by atoms with Crippen LogP contribution in [0.1, 0.15) is 11.8 Å². The van der Waals surface area contributed by atoms with E-state index in [0.717, 1.165) is 10.1 Å². The van der Waals surface area contributed by atoms with Crippen LogP contribution in [0.15, 0.2) is 30.3 Å². The van der Waals surface area contributed by atoms with E-state index < -0.39 is 11.6 Å². The molecule has 0 aliphatic heterocycles.